The quantitative estimate of drug-likeness (QED) is 0.814. The van der Waals surface area contributed by atoms with Gasteiger partial charge in [-0.3, -0.25) is 4.79 Å². The van der Waals surface area contributed by atoms with Gasteiger partial charge in [-0.05, 0) is 30.5 Å². The first kappa shape index (κ1) is 12.4. The smallest absolute Gasteiger partial charge is 0.310 e. The summed E-state index contributed by atoms with van der Waals surface area (Å²) in [7, 11) is 0. The Kier molecular flexibility index (Phi) is 3.47. The molecule has 1 N–H and O–H groups in total. The van der Waals surface area contributed by atoms with Crippen LogP contribution in [0, 0.1) is 0 Å². The van der Waals surface area contributed by atoms with Gasteiger partial charge < -0.3 is 5.32 Å². The topological polar surface area (TPSA) is 29.1 Å². The molecule has 2 heteroatoms. The second kappa shape index (κ2) is 5.05. The molecule has 0 aliphatic rings. The van der Waals surface area contributed by atoms with E-state index in [1.165, 1.54) is 11.1 Å². The van der Waals surface area contributed by atoms with Gasteiger partial charge in [0.15, 0.2) is 0 Å². The molecule has 1 amide bonds. The van der Waals surface area contributed by atoms with E-state index in [0.29, 0.717) is 0 Å². The minimum atomic E-state index is -0.392. The predicted molar refractivity (Wildman–Crippen MR) is 73.7 cm³/mol. The van der Waals surface area contributed by atoms with Gasteiger partial charge in [0, 0.05) is 0 Å². The van der Waals surface area contributed by atoms with Crippen LogP contribution >= 0.6 is 0 Å². The van der Waals surface area contributed by atoms with Crippen LogP contribution in [0.4, 0.5) is 0 Å². The van der Waals surface area contributed by atoms with E-state index in [1.54, 1.807) is 6.41 Å². The number of rotatable bonds is 4. The van der Waals surface area contributed by atoms with Crippen molar-refractivity contribution in [3.63, 3.8) is 0 Å². The molecule has 2 nitrogen and oxygen atoms in total. The molecule has 0 aliphatic carbocycles. The molecule has 0 saturated heterocycles. The molecule has 2 aromatic rings. The summed E-state index contributed by atoms with van der Waals surface area (Å²) in [4.78, 5) is 10.4. The third kappa shape index (κ3) is 2.59. The molecule has 0 unspecified atom stereocenters. The first-order chi connectivity index (χ1) is 8.63. The third-order valence-electron chi connectivity index (χ3n) is 3.08. The van der Waals surface area contributed by atoms with Gasteiger partial charge in [-0.25, -0.2) is 0 Å². The van der Waals surface area contributed by atoms with Gasteiger partial charge in [0.2, 0.25) is 0 Å². The van der Waals surface area contributed by atoms with Crippen LogP contribution in [0.2, 0.25) is 0 Å². The van der Waals surface area contributed by atoms with Crippen LogP contribution in [0.25, 0.3) is 11.1 Å². The van der Waals surface area contributed by atoms with Crippen molar-refractivity contribution in [2.45, 2.75) is 19.4 Å². The van der Waals surface area contributed by atoms with Crippen LogP contribution in [0.5, 0.6) is 0 Å². The largest absolute Gasteiger partial charge is 0.339 e. The monoisotopic (exact) mass is 238 g/mol. The van der Waals surface area contributed by atoms with Crippen molar-refractivity contribution in [2.24, 2.45) is 0 Å². The van der Waals surface area contributed by atoms with Crippen molar-refractivity contribution < 1.29 is 4.79 Å². The fourth-order valence-electron chi connectivity index (χ4n) is 1.91. The van der Waals surface area contributed by atoms with Crippen LogP contribution in [0.3, 0.4) is 0 Å². The van der Waals surface area contributed by atoms with Crippen LogP contribution in [-0.4, -0.2) is 6.41 Å². The Balaban J connectivity index is 2.28. The molecule has 0 heterocycles. The maximum atomic E-state index is 10.4. The zero-order chi connectivity index (χ0) is 13.0. The highest BCUT2D eigenvalue weighted by molar-refractivity contribution is 5.63. The minimum absolute atomic E-state index is 0.392. The fourth-order valence-corrected chi connectivity index (χ4v) is 1.91. The first-order valence-corrected chi connectivity index (χ1v) is 5.94. The Hall–Kier alpha value is -2.09. The van der Waals surface area contributed by atoms with Crippen LogP contribution in [0.15, 0.2) is 54.6 Å². The lowest BCUT2D eigenvalue weighted by Gasteiger charge is -2.24. The van der Waals surface area contributed by atoms with Gasteiger partial charge in [0.1, 0.15) is 0 Å². The molecule has 0 bridgehead atoms. The molecule has 1 radical (unpaired) electrons. The SMILES string of the molecule is CC(C)(N[C]=O)c1ccc(-c2ccccc2)cc1. The van der Waals surface area contributed by atoms with Crippen LogP contribution in [0.1, 0.15) is 19.4 Å². The standard InChI is InChI=1S/C16H16NO/c1-16(2,17-12-18)15-10-8-14(9-11-15)13-6-4-3-5-7-13/h3-11H,1-2H3,(H,17,18). The number of nitrogens with one attached hydrogen (secondary N) is 1. The predicted octanol–water partition coefficient (Wildman–Crippen LogP) is 3.25. The lowest BCUT2D eigenvalue weighted by atomic mass is 9.92. The van der Waals surface area contributed by atoms with Gasteiger partial charge in [-0.2, -0.15) is 0 Å². The maximum absolute atomic E-state index is 10.4. The van der Waals surface area contributed by atoms with Crippen LogP contribution in [-0.2, 0) is 10.3 Å². The Morgan fingerprint density at radius 3 is 2.00 bits per heavy atom. The third-order valence-corrected chi connectivity index (χ3v) is 3.08. The molecule has 0 spiro atoms. The van der Waals surface area contributed by atoms with E-state index < -0.39 is 5.54 Å². The van der Waals surface area contributed by atoms with Crippen molar-refractivity contribution in [1.82, 2.24) is 5.32 Å². The normalized spacial score (nSPS) is 11.0. The Morgan fingerprint density at radius 1 is 0.889 bits per heavy atom. The number of hydrogen-bond donors (Lipinski definition) is 1. The van der Waals surface area contributed by atoms with Crippen molar-refractivity contribution in [3.05, 3.63) is 60.2 Å². The van der Waals surface area contributed by atoms with Gasteiger partial charge in [-0.1, -0.05) is 54.6 Å². The Labute approximate surface area is 108 Å². The van der Waals surface area contributed by atoms with Gasteiger partial charge in [-0.15, -0.1) is 0 Å². The second-order valence-electron chi connectivity index (χ2n) is 4.80. The van der Waals surface area contributed by atoms with E-state index in [-0.39, 0.29) is 0 Å². The summed E-state index contributed by atoms with van der Waals surface area (Å²) in [5.74, 6) is 0. The van der Waals surface area contributed by atoms with E-state index >= 15 is 0 Å². The molecule has 2 rings (SSSR count). The highest BCUT2D eigenvalue weighted by Gasteiger charge is 2.19. The summed E-state index contributed by atoms with van der Waals surface area (Å²) in [5.41, 5.74) is 3.03. The van der Waals surface area contributed by atoms with E-state index in [0.717, 1.165) is 5.56 Å². The zero-order valence-corrected chi connectivity index (χ0v) is 10.6. The summed E-state index contributed by atoms with van der Waals surface area (Å²) >= 11 is 0. The molecule has 2 aromatic carbocycles. The highest BCUT2D eigenvalue weighted by Crippen LogP contribution is 2.24. The van der Waals surface area contributed by atoms with E-state index in [1.807, 2.05) is 44.2 Å². The molecule has 0 saturated carbocycles. The van der Waals surface area contributed by atoms with Gasteiger partial charge in [0.05, 0.1) is 5.54 Å². The molecule has 0 aromatic heterocycles. The average molecular weight is 238 g/mol. The first-order valence-electron chi connectivity index (χ1n) is 5.94. The lowest BCUT2D eigenvalue weighted by molar-refractivity contribution is 0.451. The molecular formula is C16H16NO. The molecule has 0 atom stereocenters. The number of hydrogen-bond acceptors (Lipinski definition) is 1. The molecule has 0 fully saturated rings. The number of amides is 1. The van der Waals surface area contributed by atoms with Crippen molar-refractivity contribution in [2.75, 3.05) is 0 Å². The summed E-state index contributed by atoms with van der Waals surface area (Å²) in [6.07, 6.45) is 1.75. The number of carbonyl (C=O) groups excluding carboxylic acids is 1. The molecule has 91 valence electrons. The Bertz CT molecular complexity index is 515. The molecule has 0 aliphatic heterocycles. The molecule has 18 heavy (non-hydrogen) atoms. The lowest BCUT2D eigenvalue weighted by Crippen LogP contribution is -2.35. The van der Waals surface area contributed by atoms with Gasteiger partial charge in [0.25, 0.3) is 0 Å². The molecular weight excluding hydrogens is 222 g/mol. The highest BCUT2D eigenvalue weighted by atomic mass is 16.1. The summed E-state index contributed by atoms with van der Waals surface area (Å²) in [5, 5.41) is 2.69. The summed E-state index contributed by atoms with van der Waals surface area (Å²) < 4.78 is 0. The van der Waals surface area contributed by atoms with Gasteiger partial charge >= 0.3 is 6.41 Å². The van der Waals surface area contributed by atoms with E-state index in [9.17, 15) is 4.79 Å². The Morgan fingerprint density at radius 2 is 1.44 bits per heavy atom. The van der Waals surface area contributed by atoms with E-state index in [4.69, 9.17) is 0 Å². The van der Waals surface area contributed by atoms with Crippen molar-refractivity contribution in [3.8, 4) is 11.1 Å². The summed E-state index contributed by atoms with van der Waals surface area (Å²) in [6.45, 7) is 3.91. The number of benzene rings is 2. The fraction of sp³-hybridized carbons (Fsp3) is 0.188. The average Bonchev–Trinajstić information content (AvgIpc) is 2.40. The van der Waals surface area contributed by atoms with E-state index in [2.05, 4.69) is 29.6 Å². The van der Waals surface area contributed by atoms with Crippen molar-refractivity contribution >= 4 is 6.41 Å². The summed E-state index contributed by atoms with van der Waals surface area (Å²) in [6, 6.07) is 18.4. The minimum Gasteiger partial charge on any atom is -0.339 e. The second-order valence-corrected chi connectivity index (χ2v) is 4.80. The zero-order valence-electron chi connectivity index (χ0n) is 10.6. The maximum Gasteiger partial charge on any atom is 0.310 e. The van der Waals surface area contributed by atoms with Crippen LogP contribution < -0.4 is 5.32 Å². The van der Waals surface area contributed by atoms with Crippen molar-refractivity contribution in [1.29, 1.82) is 0 Å².